The molecule has 1 aromatic carbocycles. The van der Waals surface area contributed by atoms with Gasteiger partial charge in [0, 0.05) is 12.7 Å². The van der Waals surface area contributed by atoms with Crippen molar-refractivity contribution in [3.8, 4) is 5.75 Å². The molecule has 1 fully saturated rings. The molecule has 3 N–H and O–H groups in total. The lowest BCUT2D eigenvalue weighted by molar-refractivity contribution is 0.102. The van der Waals surface area contributed by atoms with Gasteiger partial charge >= 0.3 is 0 Å². The summed E-state index contributed by atoms with van der Waals surface area (Å²) < 4.78 is 1.65. The summed E-state index contributed by atoms with van der Waals surface area (Å²) in [5, 5.41) is 16.5. The Bertz CT molecular complexity index is 974. The lowest BCUT2D eigenvalue weighted by atomic mass is 9.91. The molecule has 6 heteroatoms. The van der Waals surface area contributed by atoms with Crippen molar-refractivity contribution >= 4 is 11.6 Å². The van der Waals surface area contributed by atoms with E-state index in [9.17, 15) is 14.7 Å². The number of benzene rings is 1. The minimum absolute atomic E-state index is 0.0567. The van der Waals surface area contributed by atoms with Crippen LogP contribution in [0.5, 0.6) is 5.75 Å². The van der Waals surface area contributed by atoms with Crippen molar-refractivity contribution in [2.75, 3.05) is 18.4 Å². The van der Waals surface area contributed by atoms with E-state index in [-0.39, 0.29) is 16.9 Å². The average molecular weight is 396 g/mol. The quantitative estimate of drug-likeness (QED) is 0.695. The number of anilines is 1. The van der Waals surface area contributed by atoms with Crippen molar-refractivity contribution in [1.82, 2.24) is 9.88 Å². The van der Waals surface area contributed by atoms with Crippen LogP contribution in [0.3, 0.4) is 0 Å². The van der Waals surface area contributed by atoms with Crippen LogP contribution in [0.1, 0.15) is 52.7 Å². The predicted molar refractivity (Wildman–Crippen MR) is 114 cm³/mol. The molecule has 1 aliphatic carbocycles. The van der Waals surface area contributed by atoms with Gasteiger partial charge in [0.1, 0.15) is 11.3 Å². The van der Waals surface area contributed by atoms with E-state index in [1.54, 1.807) is 23.8 Å². The van der Waals surface area contributed by atoms with E-state index < -0.39 is 5.91 Å². The molecule has 154 valence electrons. The maximum atomic E-state index is 13.0. The van der Waals surface area contributed by atoms with Gasteiger partial charge in [0.25, 0.3) is 11.5 Å². The van der Waals surface area contributed by atoms with Gasteiger partial charge in [-0.3, -0.25) is 9.59 Å². The molecular weight excluding hydrogens is 366 g/mol. The molecule has 0 bridgehead atoms. The summed E-state index contributed by atoms with van der Waals surface area (Å²) >= 11 is 0. The van der Waals surface area contributed by atoms with Crippen molar-refractivity contribution < 1.29 is 9.90 Å². The Morgan fingerprint density at radius 3 is 2.72 bits per heavy atom. The number of pyridine rings is 1. The summed E-state index contributed by atoms with van der Waals surface area (Å²) in [7, 11) is 0. The zero-order valence-corrected chi connectivity index (χ0v) is 17.0. The topological polar surface area (TPSA) is 83.4 Å². The summed E-state index contributed by atoms with van der Waals surface area (Å²) in [6, 6.07) is 5.42. The second-order valence-corrected chi connectivity index (χ2v) is 8.34. The molecule has 0 saturated carbocycles. The SMILES string of the molecule is Cc1ccn(CC2CCCNC2)c(=O)c1C(=O)Nc1cc2c(cc1O)CCCC2. The van der Waals surface area contributed by atoms with E-state index in [4.69, 9.17) is 0 Å². The van der Waals surface area contributed by atoms with E-state index in [1.165, 1.54) is 0 Å². The summed E-state index contributed by atoms with van der Waals surface area (Å²) in [6.07, 6.45) is 8.11. The third kappa shape index (κ3) is 4.22. The number of hydrogen-bond donors (Lipinski definition) is 3. The van der Waals surface area contributed by atoms with Crippen LogP contribution in [0.15, 0.2) is 29.2 Å². The fourth-order valence-corrected chi connectivity index (χ4v) is 4.50. The molecule has 0 spiro atoms. The van der Waals surface area contributed by atoms with Crippen molar-refractivity contribution in [1.29, 1.82) is 0 Å². The van der Waals surface area contributed by atoms with Crippen LogP contribution >= 0.6 is 0 Å². The van der Waals surface area contributed by atoms with Gasteiger partial charge in [-0.2, -0.15) is 0 Å². The lowest BCUT2D eigenvalue weighted by Crippen LogP contribution is -2.36. The molecule has 1 aliphatic heterocycles. The molecule has 2 aromatic rings. The minimum Gasteiger partial charge on any atom is -0.506 e. The van der Waals surface area contributed by atoms with E-state index in [1.807, 2.05) is 12.1 Å². The van der Waals surface area contributed by atoms with Crippen molar-refractivity contribution in [2.45, 2.75) is 52.0 Å². The number of hydrogen-bond acceptors (Lipinski definition) is 4. The van der Waals surface area contributed by atoms with Crippen LogP contribution < -0.4 is 16.2 Å². The maximum absolute atomic E-state index is 13.0. The molecule has 1 atom stereocenters. The largest absolute Gasteiger partial charge is 0.506 e. The average Bonchev–Trinajstić information content (AvgIpc) is 2.71. The second-order valence-electron chi connectivity index (χ2n) is 8.34. The Kier molecular flexibility index (Phi) is 5.72. The Morgan fingerprint density at radius 1 is 1.24 bits per heavy atom. The molecular formula is C23H29N3O3. The molecule has 4 rings (SSSR count). The van der Waals surface area contributed by atoms with Gasteiger partial charge in [-0.25, -0.2) is 0 Å². The highest BCUT2D eigenvalue weighted by atomic mass is 16.3. The van der Waals surface area contributed by atoms with E-state index in [0.717, 1.165) is 62.7 Å². The third-order valence-corrected chi connectivity index (χ3v) is 6.16. The number of fused-ring (bicyclic) bond motifs is 1. The Balaban J connectivity index is 1.58. The number of amides is 1. The first kappa shape index (κ1) is 19.7. The van der Waals surface area contributed by atoms with Gasteiger partial charge in [-0.05, 0) is 99.3 Å². The normalized spacial score (nSPS) is 18.9. The van der Waals surface area contributed by atoms with Crippen LogP contribution in [-0.2, 0) is 19.4 Å². The standard InChI is InChI=1S/C23H29N3O3/c1-15-8-10-26(14-16-5-4-9-24-13-16)23(29)21(15)22(28)25-19-11-17-6-2-3-7-18(17)12-20(19)27/h8,10-12,16,24,27H,2-7,9,13-14H2,1H3,(H,25,28). The number of aryl methyl sites for hydroxylation is 3. The highest BCUT2D eigenvalue weighted by molar-refractivity contribution is 6.05. The monoisotopic (exact) mass is 395 g/mol. The summed E-state index contributed by atoms with van der Waals surface area (Å²) in [6.45, 7) is 4.30. The van der Waals surface area contributed by atoms with Gasteiger partial charge in [0.05, 0.1) is 5.69 Å². The van der Waals surface area contributed by atoms with Gasteiger partial charge < -0.3 is 20.3 Å². The van der Waals surface area contributed by atoms with Crippen molar-refractivity contribution in [3.05, 3.63) is 57.0 Å². The molecule has 2 heterocycles. The number of nitrogens with zero attached hydrogens (tertiary/aromatic N) is 1. The zero-order chi connectivity index (χ0) is 20.4. The number of aromatic nitrogens is 1. The van der Waals surface area contributed by atoms with E-state index in [2.05, 4.69) is 10.6 Å². The number of carbonyl (C=O) groups is 1. The van der Waals surface area contributed by atoms with Gasteiger partial charge in [-0.1, -0.05) is 0 Å². The minimum atomic E-state index is -0.463. The number of rotatable bonds is 4. The van der Waals surface area contributed by atoms with Crippen LogP contribution in [0, 0.1) is 12.8 Å². The Labute approximate surface area is 171 Å². The van der Waals surface area contributed by atoms with Crippen molar-refractivity contribution in [2.24, 2.45) is 5.92 Å². The van der Waals surface area contributed by atoms with Gasteiger partial charge in [0.15, 0.2) is 0 Å². The molecule has 1 amide bonds. The fourth-order valence-electron chi connectivity index (χ4n) is 4.50. The molecule has 29 heavy (non-hydrogen) atoms. The van der Waals surface area contributed by atoms with Crippen LogP contribution in [0.2, 0.25) is 0 Å². The second kappa shape index (κ2) is 8.41. The third-order valence-electron chi connectivity index (χ3n) is 6.16. The van der Waals surface area contributed by atoms with E-state index in [0.29, 0.717) is 23.7 Å². The van der Waals surface area contributed by atoms with Gasteiger partial charge in [0.2, 0.25) is 0 Å². The predicted octanol–water partition coefficient (Wildman–Crippen LogP) is 2.99. The molecule has 1 aromatic heterocycles. The fraction of sp³-hybridized carbons (Fsp3) is 0.478. The molecule has 1 saturated heterocycles. The number of phenolic OH excluding ortho intramolecular Hbond substituents is 1. The maximum Gasteiger partial charge on any atom is 0.263 e. The Morgan fingerprint density at radius 2 is 2.00 bits per heavy atom. The van der Waals surface area contributed by atoms with Gasteiger partial charge in [-0.15, -0.1) is 0 Å². The first-order valence-corrected chi connectivity index (χ1v) is 10.6. The van der Waals surface area contributed by atoms with E-state index >= 15 is 0 Å². The van der Waals surface area contributed by atoms with Crippen LogP contribution in [0.25, 0.3) is 0 Å². The molecule has 2 aliphatic rings. The van der Waals surface area contributed by atoms with Crippen LogP contribution in [0.4, 0.5) is 5.69 Å². The van der Waals surface area contributed by atoms with Crippen LogP contribution in [-0.4, -0.2) is 28.7 Å². The number of piperidine rings is 1. The number of carbonyl (C=O) groups excluding carboxylic acids is 1. The highest BCUT2D eigenvalue weighted by Crippen LogP contribution is 2.32. The molecule has 6 nitrogen and oxygen atoms in total. The molecule has 0 radical (unpaired) electrons. The Hall–Kier alpha value is -2.60. The number of phenols is 1. The zero-order valence-electron chi connectivity index (χ0n) is 17.0. The molecule has 1 unspecified atom stereocenters. The highest BCUT2D eigenvalue weighted by Gasteiger charge is 2.21. The first-order chi connectivity index (χ1) is 14.0. The van der Waals surface area contributed by atoms with Crippen molar-refractivity contribution in [3.63, 3.8) is 0 Å². The summed E-state index contributed by atoms with van der Waals surface area (Å²) in [4.78, 5) is 26.0. The summed E-state index contributed by atoms with van der Waals surface area (Å²) in [5.74, 6) is -0.0133. The first-order valence-electron chi connectivity index (χ1n) is 10.6. The number of nitrogens with one attached hydrogen (secondary N) is 2. The lowest BCUT2D eigenvalue weighted by Gasteiger charge is -2.23. The number of aromatic hydroxyl groups is 1. The summed E-state index contributed by atoms with van der Waals surface area (Å²) in [5.41, 5.74) is 3.20. The smallest absolute Gasteiger partial charge is 0.263 e.